The van der Waals surface area contributed by atoms with Crippen molar-refractivity contribution in [2.24, 2.45) is 0 Å². The third kappa shape index (κ3) is 3.65. The number of amides is 2. The lowest BCUT2D eigenvalue weighted by atomic mass is 10.1. The second-order valence-corrected chi connectivity index (χ2v) is 7.97. The number of nitrogens with one attached hydrogen (secondary N) is 1. The van der Waals surface area contributed by atoms with Crippen molar-refractivity contribution in [3.05, 3.63) is 52.2 Å². The van der Waals surface area contributed by atoms with E-state index < -0.39 is 6.10 Å². The summed E-state index contributed by atoms with van der Waals surface area (Å²) >= 11 is 3.03. The van der Waals surface area contributed by atoms with Crippen molar-refractivity contribution in [1.82, 2.24) is 10.3 Å². The van der Waals surface area contributed by atoms with E-state index in [9.17, 15) is 9.59 Å². The van der Waals surface area contributed by atoms with Gasteiger partial charge in [-0.1, -0.05) is 19.1 Å². The second-order valence-electron chi connectivity index (χ2n) is 6.33. The lowest BCUT2D eigenvalue weighted by molar-refractivity contribution is -0.127. The number of carbonyl (C=O) groups excluding carboxylic acids is 2. The summed E-state index contributed by atoms with van der Waals surface area (Å²) in [6, 6.07) is 9.24. The molecule has 0 saturated heterocycles. The van der Waals surface area contributed by atoms with Crippen LogP contribution in [0.25, 0.3) is 10.6 Å². The summed E-state index contributed by atoms with van der Waals surface area (Å²) in [5, 5.41) is 9.40. The third-order valence-corrected chi connectivity index (χ3v) is 5.93. The van der Waals surface area contributed by atoms with Crippen molar-refractivity contribution >= 4 is 40.2 Å². The summed E-state index contributed by atoms with van der Waals surface area (Å²) in [5.41, 5.74) is 2.03. The van der Waals surface area contributed by atoms with E-state index in [4.69, 9.17) is 4.74 Å². The number of ether oxygens (including phenoxy) is 1. The molecule has 1 aliphatic rings. The number of rotatable bonds is 5. The van der Waals surface area contributed by atoms with Crippen molar-refractivity contribution in [2.75, 3.05) is 18.0 Å². The highest BCUT2D eigenvalue weighted by Gasteiger charge is 2.34. The molecular weight excluding hydrogens is 394 g/mol. The minimum atomic E-state index is -0.750. The Bertz CT molecular complexity index is 984. The molecule has 1 aromatic carbocycles. The topological polar surface area (TPSA) is 71.5 Å². The van der Waals surface area contributed by atoms with Crippen LogP contribution >= 0.6 is 22.7 Å². The maximum Gasteiger partial charge on any atom is 0.278 e. The van der Waals surface area contributed by atoms with Crippen LogP contribution in [0.3, 0.4) is 0 Å². The number of benzene rings is 1. The maximum atomic E-state index is 13.2. The van der Waals surface area contributed by atoms with Gasteiger partial charge in [-0.05, 0) is 30.0 Å². The van der Waals surface area contributed by atoms with Crippen LogP contribution < -0.4 is 15.0 Å². The molecule has 28 heavy (non-hydrogen) atoms. The third-order valence-electron chi connectivity index (χ3n) is 4.35. The summed E-state index contributed by atoms with van der Waals surface area (Å²) in [5.74, 6) is 0.0696. The Hall–Kier alpha value is -2.71. The number of fused-ring (bicyclic) bond motifs is 1. The van der Waals surface area contributed by atoms with Crippen LogP contribution in [0.1, 0.15) is 23.8 Å². The normalized spacial score (nSPS) is 15.6. The SMILES string of the molecule is CCCNC(=O)[C@H]1CN(C(=O)c2csc(-c3ccsc3)n2)c2ccccc2O1. The zero-order valence-corrected chi connectivity index (χ0v) is 16.9. The van der Waals surface area contributed by atoms with E-state index in [1.165, 1.54) is 11.3 Å². The highest BCUT2D eigenvalue weighted by molar-refractivity contribution is 7.14. The first-order valence-electron chi connectivity index (χ1n) is 9.00. The van der Waals surface area contributed by atoms with E-state index in [2.05, 4.69) is 10.3 Å². The fraction of sp³-hybridized carbons (Fsp3) is 0.250. The van der Waals surface area contributed by atoms with Gasteiger partial charge in [0.1, 0.15) is 16.5 Å². The van der Waals surface area contributed by atoms with Gasteiger partial charge in [0.05, 0.1) is 12.2 Å². The second kappa shape index (κ2) is 8.12. The summed E-state index contributed by atoms with van der Waals surface area (Å²) in [6.07, 6.45) is 0.0855. The van der Waals surface area contributed by atoms with Crippen LogP contribution in [-0.2, 0) is 4.79 Å². The van der Waals surface area contributed by atoms with Crippen molar-refractivity contribution < 1.29 is 14.3 Å². The van der Waals surface area contributed by atoms with Gasteiger partial charge >= 0.3 is 0 Å². The van der Waals surface area contributed by atoms with E-state index in [1.54, 1.807) is 27.7 Å². The number of thiophene rings is 1. The smallest absolute Gasteiger partial charge is 0.278 e. The van der Waals surface area contributed by atoms with E-state index in [0.717, 1.165) is 17.0 Å². The highest BCUT2D eigenvalue weighted by Crippen LogP contribution is 2.35. The largest absolute Gasteiger partial charge is 0.477 e. The number of nitrogens with zero attached hydrogens (tertiary/aromatic N) is 2. The number of aromatic nitrogens is 1. The Morgan fingerprint density at radius 1 is 1.29 bits per heavy atom. The van der Waals surface area contributed by atoms with Gasteiger partial charge in [-0.15, -0.1) is 11.3 Å². The molecule has 1 atom stereocenters. The molecule has 4 rings (SSSR count). The first-order valence-corrected chi connectivity index (χ1v) is 10.8. The van der Waals surface area contributed by atoms with E-state index in [-0.39, 0.29) is 18.4 Å². The fourth-order valence-corrected chi connectivity index (χ4v) is 4.46. The zero-order valence-electron chi connectivity index (χ0n) is 15.3. The molecule has 0 bridgehead atoms. The summed E-state index contributed by atoms with van der Waals surface area (Å²) in [7, 11) is 0. The minimum absolute atomic E-state index is 0.150. The molecule has 0 unspecified atom stereocenters. The molecule has 2 aromatic heterocycles. The molecule has 2 amide bonds. The average molecular weight is 414 g/mol. The minimum Gasteiger partial charge on any atom is -0.477 e. The predicted molar refractivity (Wildman–Crippen MR) is 111 cm³/mol. The predicted octanol–water partition coefficient (Wildman–Crippen LogP) is 3.81. The lowest BCUT2D eigenvalue weighted by Crippen LogP contribution is -2.51. The van der Waals surface area contributed by atoms with Gasteiger partial charge in [0.15, 0.2) is 6.10 Å². The molecule has 8 heteroatoms. The molecule has 3 aromatic rings. The van der Waals surface area contributed by atoms with Crippen molar-refractivity contribution in [3.63, 3.8) is 0 Å². The first-order chi connectivity index (χ1) is 13.7. The molecule has 144 valence electrons. The lowest BCUT2D eigenvalue weighted by Gasteiger charge is -2.33. The summed E-state index contributed by atoms with van der Waals surface area (Å²) in [4.78, 5) is 31.8. The van der Waals surface area contributed by atoms with Crippen LogP contribution in [0.15, 0.2) is 46.5 Å². The van der Waals surface area contributed by atoms with E-state index >= 15 is 0 Å². The molecule has 0 saturated carbocycles. The molecule has 0 radical (unpaired) electrons. The van der Waals surface area contributed by atoms with E-state index in [0.29, 0.717) is 23.7 Å². The molecular formula is C20H19N3O3S2. The molecule has 1 N–H and O–H groups in total. The molecule has 0 spiro atoms. The van der Waals surface area contributed by atoms with Gasteiger partial charge in [-0.2, -0.15) is 11.3 Å². The monoisotopic (exact) mass is 413 g/mol. The number of hydrogen-bond acceptors (Lipinski definition) is 6. The van der Waals surface area contributed by atoms with Gasteiger partial charge in [0.2, 0.25) is 0 Å². The Labute approximate surface area is 170 Å². The Morgan fingerprint density at radius 3 is 2.93 bits per heavy atom. The maximum absolute atomic E-state index is 13.2. The number of para-hydroxylation sites is 2. The summed E-state index contributed by atoms with van der Waals surface area (Å²) < 4.78 is 5.85. The summed E-state index contributed by atoms with van der Waals surface area (Å²) in [6.45, 7) is 2.71. The van der Waals surface area contributed by atoms with Crippen LogP contribution in [0.2, 0.25) is 0 Å². The molecule has 0 aliphatic carbocycles. The van der Waals surface area contributed by atoms with Crippen LogP contribution in [0, 0.1) is 0 Å². The van der Waals surface area contributed by atoms with Crippen molar-refractivity contribution in [2.45, 2.75) is 19.4 Å². The molecule has 6 nitrogen and oxygen atoms in total. The molecule has 0 fully saturated rings. The van der Waals surface area contributed by atoms with Crippen molar-refractivity contribution in [3.8, 4) is 16.3 Å². The number of anilines is 1. The van der Waals surface area contributed by atoms with Gasteiger partial charge in [0.25, 0.3) is 11.8 Å². The van der Waals surface area contributed by atoms with Crippen LogP contribution in [0.4, 0.5) is 5.69 Å². The Balaban J connectivity index is 1.61. The first kappa shape index (κ1) is 18.6. The van der Waals surface area contributed by atoms with Gasteiger partial charge in [-0.3, -0.25) is 14.5 Å². The standard InChI is InChI=1S/C20H19N3O3S2/c1-2-8-21-18(24)17-10-23(15-5-3-4-6-16(15)26-17)20(25)14-12-28-19(22-14)13-7-9-27-11-13/h3-7,9,11-12,17H,2,8,10H2,1H3,(H,21,24)/t17-/m1/s1. The number of thiazole rings is 1. The Morgan fingerprint density at radius 2 is 2.14 bits per heavy atom. The number of carbonyl (C=O) groups is 2. The number of hydrogen-bond donors (Lipinski definition) is 1. The van der Waals surface area contributed by atoms with Gasteiger partial charge < -0.3 is 10.1 Å². The highest BCUT2D eigenvalue weighted by atomic mass is 32.1. The van der Waals surface area contributed by atoms with Gasteiger partial charge in [0, 0.05) is 22.9 Å². The van der Waals surface area contributed by atoms with Crippen LogP contribution in [0.5, 0.6) is 5.75 Å². The molecule has 1 aliphatic heterocycles. The van der Waals surface area contributed by atoms with E-state index in [1.807, 2.05) is 41.9 Å². The molecule has 3 heterocycles. The van der Waals surface area contributed by atoms with Crippen molar-refractivity contribution in [1.29, 1.82) is 0 Å². The fourth-order valence-electron chi connectivity index (χ4n) is 2.95. The average Bonchev–Trinajstić information content (AvgIpc) is 3.42. The quantitative estimate of drug-likeness (QED) is 0.691. The zero-order chi connectivity index (χ0) is 19.5. The Kier molecular flexibility index (Phi) is 5.40. The van der Waals surface area contributed by atoms with Crippen LogP contribution in [-0.4, -0.2) is 36.0 Å². The van der Waals surface area contributed by atoms with Gasteiger partial charge in [-0.25, -0.2) is 4.98 Å².